The predicted molar refractivity (Wildman–Crippen MR) is 149 cm³/mol. The number of rotatable bonds is 13. The fourth-order valence-corrected chi connectivity index (χ4v) is 11.4. The fraction of sp³-hybridized carbons (Fsp3) is 0.600. The molecule has 0 aromatic heterocycles. The van der Waals surface area contributed by atoms with E-state index in [1.54, 1.807) is 7.11 Å². The molecule has 1 N–H and O–H groups in total. The Morgan fingerprint density at radius 1 is 0.730 bits per heavy atom. The summed E-state index contributed by atoms with van der Waals surface area (Å²) in [5.41, 5.74) is 3.23. The average molecular weight is 531 g/mol. The highest BCUT2D eigenvalue weighted by molar-refractivity contribution is 6.77. The lowest BCUT2D eigenvalue weighted by molar-refractivity contribution is -0.308. The molecular weight excluding hydrogens is 484 g/mol. The van der Waals surface area contributed by atoms with Crippen LogP contribution in [0.2, 0.25) is 16.6 Å². The number of methoxy groups -OCH3 is 1. The fourth-order valence-electron chi connectivity index (χ4n) is 5.91. The van der Waals surface area contributed by atoms with Gasteiger partial charge in [-0.05, 0) is 27.8 Å². The molecule has 2 aromatic carbocycles. The Bertz CT molecular complexity index is 885. The van der Waals surface area contributed by atoms with E-state index in [1.165, 1.54) is 0 Å². The summed E-state index contributed by atoms with van der Waals surface area (Å²) < 4.78 is 32.5. The normalized spacial score (nSPS) is 24.8. The van der Waals surface area contributed by atoms with Crippen molar-refractivity contribution in [3.8, 4) is 0 Å². The summed E-state index contributed by atoms with van der Waals surface area (Å²) in [6.07, 6.45) is -2.83. The zero-order valence-electron chi connectivity index (χ0n) is 23.5. The molecule has 6 nitrogen and oxygen atoms in total. The molecule has 1 saturated heterocycles. The lowest BCUT2D eigenvalue weighted by atomic mass is 9.98. The molecule has 7 heteroatoms. The lowest BCUT2D eigenvalue weighted by Crippen LogP contribution is -2.65. The van der Waals surface area contributed by atoms with E-state index in [9.17, 15) is 5.11 Å². The van der Waals surface area contributed by atoms with Crippen LogP contribution in [0.15, 0.2) is 60.7 Å². The highest BCUT2D eigenvalue weighted by Crippen LogP contribution is 2.45. The first kappa shape index (κ1) is 30.0. The highest BCUT2D eigenvalue weighted by atomic mass is 28.4. The van der Waals surface area contributed by atoms with Crippen molar-refractivity contribution >= 4 is 8.32 Å². The molecule has 37 heavy (non-hydrogen) atoms. The quantitative estimate of drug-likeness (QED) is 0.317. The number of aliphatic hydroxyl groups excluding tert-OH is 1. The standard InChI is InChI=1S/C30H46O6Si/c1-21(2)37(22(3)4,23(5)6)36-29-28(34-20-25-16-12-9-13-17-25)27(26(18-31)35-30(29)32-7)33-19-24-14-10-8-11-15-24/h8-17,21-23,26-31H,18-20H2,1-7H3/t26-,27-,28+,29-,30-/m1/s1. The van der Waals surface area contributed by atoms with Gasteiger partial charge in [-0.25, -0.2) is 0 Å². The Balaban J connectivity index is 1.99. The number of aliphatic hydroxyl groups is 1. The van der Waals surface area contributed by atoms with Gasteiger partial charge in [0.15, 0.2) is 6.29 Å². The molecule has 1 heterocycles. The summed E-state index contributed by atoms with van der Waals surface area (Å²) in [5.74, 6) is 0. The van der Waals surface area contributed by atoms with Crippen molar-refractivity contribution in [2.24, 2.45) is 0 Å². The van der Waals surface area contributed by atoms with Crippen LogP contribution in [0, 0.1) is 0 Å². The maximum atomic E-state index is 10.3. The summed E-state index contributed by atoms with van der Waals surface area (Å²) in [4.78, 5) is 0. The molecule has 0 amide bonds. The second-order valence-corrected chi connectivity index (χ2v) is 16.3. The molecule has 0 radical (unpaired) electrons. The van der Waals surface area contributed by atoms with Crippen LogP contribution in [0.4, 0.5) is 0 Å². The largest absolute Gasteiger partial charge is 0.405 e. The van der Waals surface area contributed by atoms with Crippen molar-refractivity contribution in [3.63, 3.8) is 0 Å². The maximum absolute atomic E-state index is 10.3. The maximum Gasteiger partial charge on any atom is 0.201 e. The molecule has 0 unspecified atom stereocenters. The minimum atomic E-state index is -2.33. The van der Waals surface area contributed by atoms with Gasteiger partial charge in [-0.2, -0.15) is 0 Å². The third-order valence-electron chi connectivity index (χ3n) is 7.62. The van der Waals surface area contributed by atoms with Crippen molar-refractivity contribution < 1.29 is 28.5 Å². The monoisotopic (exact) mass is 530 g/mol. The molecule has 0 bridgehead atoms. The molecule has 1 fully saturated rings. The van der Waals surface area contributed by atoms with Crippen LogP contribution in [-0.4, -0.2) is 57.8 Å². The molecule has 1 aliphatic heterocycles. The third kappa shape index (κ3) is 7.09. The van der Waals surface area contributed by atoms with Gasteiger partial charge < -0.3 is 28.5 Å². The number of ether oxygens (including phenoxy) is 4. The first-order valence-electron chi connectivity index (χ1n) is 13.5. The molecular formula is C30H46O6Si. The van der Waals surface area contributed by atoms with E-state index in [-0.39, 0.29) is 6.61 Å². The zero-order chi connectivity index (χ0) is 27.0. The summed E-state index contributed by atoms with van der Waals surface area (Å²) in [5, 5.41) is 10.3. The van der Waals surface area contributed by atoms with Crippen LogP contribution in [-0.2, 0) is 36.6 Å². The minimum Gasteiger partial charge on any atom is -0.405 e. The van der Waals surface area contributed by atoms with Crippen LogP contribution < -0.4 is 0 Å². The van der Waals surface area contributed by atoms with Gasteiger partial charge in [0.2, 0.25) is 8.32 Å². The van der Waals surface area contributed by atoms with Crippen LogP contribution in [0.25, 0.3) is 0 Å². The van der Waals surface area contributed by atoms with E-state index >= 15 is 0 Å². The Kier molecular flexibility index (Phi) is 11.3. The van der Waals surface area contributed by atoms with Gasteiger partial charge in [-0.3, -0.25) is 0 Å². The van der Waals surface area contributed by atoms with Crippen LogP contribution >= 0.6 is 0 Å². The van der Waals surface area contributed by atoms with Gasteiger partial charge in [0.05, 0.1) is 19.8 Å². The molecule has 2 aromatic rings. The van der Waals surface area contributed by atoms with Gasteiger partial charge in [-0.1, -0.05) is 102 Å². The second-order valence-electron chi connectivity index (χ2n) is 10.9. The molecule has 0 saturated carbocycles. The van der Waals surface area contributed by atoms with Crippen molar-refractivity contribution in [1.29, 1.82) is 0 Å². The van der Waals surface area contributed by atoms with Gasteiger partial charge in [0.25, 0.3) is 0 Å². The molecule has 0 spiro atoms. The third-order valence-corrected chi connectivity index (χ3v) is 13.7. The SMILES string of the molecule is CO[C@@H]1O[C@H](CO)[C@@H](OCc2ccccc2)[C@H](OCc2ccccc2)[C@H]1O[Si](C(C)C)(C(C)C)C(C)C. The van der Waals surface area contributed by atoms with Crippen LogP contribution in [0.3, 0.4) is 0 Å². The van der Waals surface area contributed by atoms with E-state index in [4.69, 9.17) is 23.4 Å². The smallest absolute Gasteiger partial charge is 0.201 e. The zero-order valence-corrected chi connectivity index (χ0v) is 24.5. The van der Waals surface area contributed by atoms with E-state index in [2.05, 4.69) is 41.5 Å². The molecule has 5 atom stereocenters. The van der Waals surface area contributed by atoms with Gasteiger partial charge >= 0.3 is 0 Å². The van der Waals surface area contributed by atoms with E-state index in [0.717, 1.165) is 11.1 Å². The summed E-state index contributed by atoms with van der Waals surface area (Å²) >= 11 is 0. The first-order valence-corrected chi connectivity index (χ1v) is 15.7. The Hall–Kier alpha value is -1.58. The van der Waals surface area contributed by atoms with Crippen molar-refractivity contribution in [2.75, 3.05) is 13.7 Å². The molecule has 3 rings (SSSR count). The predicted octanol–water partition coefficient (Wildman–Crippen LogP) is 6.08. The van der Waals surface area contributed by atoms with E-state index in [0.29, 0.717) is 29.8 Å². The topological polar surface area (TPSA) is 66.4 Å². The summed E-state index contributed by atoms with van der Waals surface area (Å²) in [7, 11) is -0.707. The summed E-state index contributed by atoms with van der Waals surface area (Å²) in [6, 6.07) is 20.1. The van der Waals surface area contributed by atoms with Crippen molar-refractivity contribution in [1.82, 2.24) is 0 Å². The number of benzene rings is 2. The van der Waals surface area contributed by atoms with Crippen LogP contribution in [0.1, 0.15) is 52.7 Å². The highest BCUT2D eigenvalue weighted by Gasteiger charge is 2.54. The van der Waals surface area contributed by atoms with E-state index < -0.39 is 39.0 Å². The first-order chi connectivity index (χ1) is 17.7. The molecule has 1 aliphatic rings. The number of hydrogen-bond donors (Lipinski definition) is 1. The second kappa shape index (κ2) is 14.0. The minimum absolute atomic E-state index is 0.210. The van der Waals surface area contributed by atoms with Crippen molar-refractivity contribution in [3.05, 3.63) is 71.8 Å². The summed E-state index contributed by atoms with van der Waals surface area (Å²) in [6.45, 7) is 14.1. The van der Waals surface area contributed by atoms with Crippen LogP contribution in [0.5, 0.6) is 0 Å². The molecule has 0 aliphatic carbocycles. The Morgan fingerprint density at radius 3 is 1.59 bits per heavy atom. The Morgan fingerprint density at radius 2 is 1.19 bits per heavy atom. The molecule has 206 valence electrons. The lowest BCUT2D eigenvalue weighted by Gasteiger charge is -2.51. The average Bonchev–Trinajstić information content (AvgIpc) is 2.89. The van der Waals surface area contributed by atoms with Gasteiger partial charge in [0.1, 0.15) is 24.4 Å². The van der Waals surface area contributed by atoms with E-state index in [1.807, 2.05) is 60.7 Å². The Labute approximate surface area is 224 Å². The van der Waals surface area contributed by atoms with Gasteiger partial charge in [-0.15, -0.1) is 0 Å². The number of hydrogen-bond acceptors (Lipinski definition) is 6. The van der Waals surface area contributed by atoms with Crippen molar-refractivity contribution in [2.45, 2.75) is 102 Å². The van der Waals surface area contributed by atoms with Gasteiger partial charge in [0, 0.05) is 7.11 Å².